The van der Waals surface area contributed by atoms with Gasteiger partial charge in [0.25, 0.3) is 0 Å². The van der Waals surface area contributed by atoms with Gasteiger partial charge in [0.2, 0.25) is 5.91 Å². The number of fused-ring (bicyclic) bond motifs is 1. The molecule has 1 amide bonds. The van der Waals surface area contributed by atoms with Crippen LogP contribution in [0.2, 0.25) is 0 Å². The number of carbonyl (C=O) groups is 1. The third-order valence-corrected chi connectivity index (χ3v) is 3.33. The van der Waals surface area contributed by atoms with Gasteiger partial charge in [-0.2, -0.15) is 0 Å². The van der Waals surface area contributed by atoms with Gasteiger partial charge in [-0.3, -0.25) is 4.79 Å². The lowest BCUT2D eigenvalue weighted by Gasteiger charge is -2.10. The van der Waals surface area contributed by atoms with Crippen molar-refractivity contribution in [1.29, 1.82) is 0 Å². The molecule has 0 saturated heterocycles. The van der Waals surface area contributed by atoms with Gasteiger partial charge < -0.3 is 5.32 Å². The molecule has 2 aromatic carbocycles. The highest BCUT2D eigenvalue weighted by molar-refractivity contribution is 5.81. The van der Waals surface area contributed by atoms with Gasteiger partial charge in [-0.25, -0.2) is 4.98 Å². The van der Waals surface area contributed by atoms with E-state index in [1.54, 1.807) is 0 Å². The van der Waals surface area contributed by atoms with Crippen molar-refractivity contribution in [3.05, 3.63) is 66.2 Å². The Kier molecular flexibility index (Phi) is 3.65. The average molecular weight is 275 g/mol. The van der Waals surface area contributed by atoms with E-state index in [1.807, 2.05) is 54.6 Å². The predicted molar refractivity (Wildman–Crippen MR) is 83.5 cm³/mol. The van der Waals surface area contributed by atoms with E-state index in [4.69, 9.17) is 0 Å². The summed E-state index contributed by atoms with van der Waals surface area (Å²) in [6.45, 7) is 2.02. The summed E-state index contributed by atoms with van der Waals surface area (Å²) in [5.74, 6) is -0.0390. The molecule has 3 aromatic rings. The maximum absolute atomic E-state index is 11.1. The first-order chi connectivity index (χ1) is 10.2. The third-order valence-electron chi connectivity index (χ3n) is 3.33. The van der Waals surface area contributed by atoms with Crippen LogP contribution in [0, 0.1) is 6.07 Å². The standard InChI is InChI=1S/C18H15N2O/c1-13(21)19-12-15-7-2-4-8-16(15)18-11-10-14-6-3-5-9-17(14)20-18/h2-9,11H,12H2,1H3,(H,19,21). The molecule has 21 heavy (non-hydrogen) atoms. The number of carbonyl (C=O) groups excluding carboxylic acids is 1. The van der Waals surface area contributed by atoms with E-state index in [1.165, 1.54) is 6.92 Å². The molecule has 1 N–H and O–H groups in total. The smallest absolute Gasteiger partial charge is 0.217 e. The monoisotopic (exact) mass is 275 g/mol. The average Bonchev–Trinajstić information content (AvgIpc) is 2.52. The van der Waals surface area contributed by atoms with E-state index >= 15 is 0 Å². The van der Waals surface area contributed by atoms with Gasteiger partial charge in [-0.1, -0.05) is 42.5 Å². The Balaban J connectivity index is 2.03. The van der Waals surface area contributed by atoms with Crippen molar-refractivity contribution in [1.82, 2.24) is 10.3 Å². The molecule has 0 fully saturated rings. The first kappa shape index (κ1) is 13.3. The van der Waals surface area contributed by atoms with Crippen LogP contribution in [0.1, 0.15) is 12.5 Å². The van der Waals surface area contributed by atoms with Gasteiger partial charge in [0.05, 0.1) is 11.2 Å². The first-order valence-corrected chi connectivity index (χ1v) is 6.84. The van der Waals surface area contributed by atoms with E-state index in [9.17, 15) is 4.79 Å². The Hall–Kier alpha value is -2.68. The zero-order valence-corrected chi connectivity index (χ0v) is 11.8. The minimum absolute atomic E-state index is 0.0390. The number of rotatable bonds is 3. The summed E-state index contributed by atoms with van der Waals surface area (Å²) in [5.41, 5.74) is 3.86. The van der Waals surface area contributed by atoms with Gasteiger partial charge in [0.1, 0.15) is 0 Å². The second-order valence-corrected chi connectivity index (χ2v) is 4.87. The van der Waals surface area contributed by atoms with Crippen molar-refractivity contribution in [3.8, 4) is 11.3 Å². The van der Waals surface area contributed by atoms with E-state index in [0.717, 1.165) is 27.7 Å². The zero-order chi connectivity index (χ0) is 14.7. The van der Waals surface area contributed by atoms with Crippen molar-refractivity contribution >= 4 is 16.8 Å². The maximum atomic E-state index is 11.1. The number of benzene rings is 2. The van der Waals surface area contributed by atoms with Gasteiger partial charge in [-0.15, -0.1) is 0 Å². The molecule has 1 aromatic heterocycles. The van der Waals surface area contributed by atoms with E-state index in [-0.39, 0.29) is 5.91 Å². The minimum Gasteiger partial charge on any atom is -0.352 e. The molecule has 0 aliphatic heterocycles. The molecule has 3 heteroatoms. The molecule has 0 saturated carbocycles. The van der Waals surface area contributed by atoms with Crippen LogP contribution in [0.15, 0.2) is 54.6 Å². The second-order valence-electron chi connectivity index (χ2n) is 4.87. The Morgan fingerprint density at radius 1 is 1.14 bits per heavy atom. The minimum atomic E-state index is -0.0390. The molecule has 3 rings (SSSR count). The van der Waals surface area contributed by atoms with Crippen LogP contribution in [0.25, 0.3) is 22.2 Å². The quantitative estimate of drug-likeness (QED) is 0.796. The Morgan fingerprint density at radius 2 is 1.90 bits per heavy atom. The summed E-state index contributed by atoms with van der Waals surface area (Å²) in [6, 6.07) is 21.0. The Bertz CT molecular complexity index is 796. The normalized spacial score (nSPS) is 10.5. The molecule has 0 spiro atoms. The molecule has 103 valence electrons. The second kappa shape index (κ2) is 5.75. The van der Waals surface area contributed by atoms with Crippen LogP contribution < -0.4 is 5.32 Å². The summed E-state index contributed by atoms with van der Waals surface area (Å²) < 4.78 is 0. The number of nitrogens with zero attached hydrogens (tertiary/aromatic N) is 1. The lowest BCUT2D eigenvalue weighted by atomic mass is 10.0. The highest BCUT2D eigenvalue weighted by atomic mass is 16.1. The predicted octanol–water partition coefficient (Wildman–Crippen LogP) is 3.34. The fourth-order valence-corrected chi connectivity index (χ4v) is 2.28. The molecule has 1 radical (unpaired) electrons. The lowest BCUT2D eigenvalue weighted by Crippen LogP contribution is -2.19. The van der Waals surface area contributed by atoms with Crippen molar-refractivity contribution in [2.75, 3.05) is 0 Å². The zero-order valence-electron chi connectivity index (χ0n) is 11.8. The highest BCUT2D eigenvalue weighted by Crippen LogP contribution is 2.24. The van der Waals surface area contributed by atoms with Gasteiger partial charge >= 0.3 is 0 Å². The molecule has 0 atom stereocenters. The molecule has 1 heterocycles. The summed E-state index contributed by atoms with van der Waals surface area (Å²) >= 11 is 0. The van der Waals surface area contributed by atoms with Crippen molar-refractivity contribution in [2.45, 2.75) is 13.5 Å². The number of nitrogens with one attached hydrogen (secondary N) is 1. The summed E-state index contributed by atoms with van der Waals surface area (Å²) in [6.07, 6.45) is 0. The van der Waals surface area contributed by atoms with E-state index in [2.05, 4.69) is 16.4 Å². The van der Waals surface area contributed by atoms with Gasteiger partial charge in [0.15, 0.2) is 0 Å². The highest BCUT2D eigenvalue weighted by Gasteiger charge is 2.07. The lowest BCUT2D eigenvalue weighted by molar-refractivity contribution is -0.119. The van der Waals surface area contributed by atoms with Crippen molar-refractivity contribution in [3.63, 3.8) is 0 Å². The topological polar surface area (TPSA) is 42.0 Å². The summed E-state index contributed by atoms with van der Waals surface area (Å²) in [7, 11) is 0. The molecule has 0 unspecified atom stereocenters. The maximum Gasteiger partial charge on any atom is 0.217 e. The van der Waals surface area contributed by atoms with E-state index in [0.29, 0.717) is 6.54 Å². The number of hydrogen-bond acceptors (Lipinski definition) is 2. The molecule has 0 aliphatic carbocycles. The van der Waals surface area contributed by atoms with Crippen LogP contribution in [0.4, 0.5) is 0 Å². The van der Waals surface area contributed by atoms with Crippen LogP contribution in [-0.4, -0.2) is 10.9 Å². The van der Waals surface area contributed by atoms with Crippen LogP contribution >= 0.6 is 0 Å². The fourth-order valence-electron chi connectivity index (χ4n) is 2.28. The van der Waals surface area contributed by atoms with Crippen molar-refractivity contribution in [2.24, 2.45) is 0 Å². The van der Waals surface area contributed by atoms with Crippen LogP contribution in [-0.2, 0) is 11.3 Å². The number of pyridine rings is 1. The van der Waals surface area contributed by atoms with E-state index < -0.39 is 0 Å². The molecule has 3 nitrogen and oxygen atoms in total. The van der Waals surface area contributed by atoms with Crippen LogP contribution in [0.5, 0.6) is 0 Å². The number of aromatic nitrogens is 1. The summed E-state index contributed by atoms with van der Waals surface area (Å²) in [5, 5.41) is 3.83. The molecular weight excluding hydrogens is 260 g/mol. The molecule has 0 aliphatic rings. The number of hydrogen-bond donors (Lipinski definition) is 1. The number of amides is 1. The SMILES string of the molecule is CC(=O)NCc1ccccc1-c1c[c]c2ccccc2n1. The Morgan fingerprint density at radius 3 is 2.76 bits per heavy atom. The Labute approximate surface area is 123 Å². The van der Waals surface area contributed by atoms with Crippen molar-refractivity contribution < 1.29 is 4.79 Å². The largest absolute Gasteiger partial charge is 0.352 e. The fraction of sp³-hybridized carbons (Fsp3) is 0.111. The first-order valence-electron chi connectivity index (χ1n) is 6.84. The van der Waals surface area contributed by atoms with Gasteiger partial charge in [0, 0.05) is 24.4 Å². The summed E-state index contributed by atoms with van der Waals surface area (Å²) in [4.78, 5) is 15.8. The third kappa shape index (κ3) is 2.92. The van der Waals surface area contributed by atoms with Gasteiger partial charge in [-0.05, 0) is 23.8 Å². The molecule has 0 bridgehead atoms. The molecular formula is C18H15N2O. The number of para-hydroxylation sites is 1. The van der Waals surface area contributed by atoms with Crippen LogP contribution in [0.3, 0.4) is 0 Å².